The van der Waals surface area contributed by atoms with Gasteiger partial charge >= 0.3 is 0 Å². The van der Waals surface area contributed by atoms with Gasteiger partial charge in [-0.3, -0.25) is 0 Å². The first-order valence-electron chi connectivity index (χ1n) is 5.88. The Morgan fingerprint density at radius 1 is 1.40 bits per heavy atom. The Kier molecular flexibility index (Phi) is 4.94. The lowest BCUT2D eigenvalue weighted by Crippen LogP contribution is -2.28. The maximum absolute atomic E-state index is 11.7. The van der Waals surface area contributed by atoms with Crippen LogP contribution in [0.5, 0.6) is 5.75 Å². The third kappa shape index (κ3) is 4.80. The molecule has 20 heavy (non-hydrogen) atoms. The quantitative estimate of drug-likeness (QED) is 0.750. The summed E-state index contributed by atoms with van der Waals surface area (Å²) in [6, 6.07) is 6.86. The lowest BCUT2D eigenvalue weighted by atomic mass is 10.3. The number of thiazole rings is 1. The van der Waals surface area contributed by atoms with Gasteiger partial charge in [-0.05, 0) is 12.1 Å². The molecular formula is C12H15N3O3S2. The summed E-state index contributed by atoms with van der Waals surface area (Å²) in [5.74, 6) is 0.436. The highest BCUT2D eigenvalue weighted by Gasteiger charge is 2.10. The molecular weight excluding hydrogens is 298 g/mol. The molecule has 0 aliphatic carbocycles. The summed E-state index contributed by atoms with van der Waals surface area (Å²) in [4.78, 5) is 4.00. The van der Waals surface area contributed by atoms with Gasteiger partial charge in [0, 0.05) is 17.1 Å². The van der Waals surface area contributed by atoms with Gasteiger partial charge in [-0.1, -0.05) is 6.07 Å². The van der Waals surface area contributed by atoms with Crippen LogP contribution >= 0.6 is 11.3 Å². The van der Waals surface area contributed by atoms with E-state index in [1.807, 2.05) is 0 Å². The molecule has 0 saturated heterocycles. The summed E-state index contributed by atoms with van der Waals surface area (Å²) < 4.78 is 31.3. The molecule has 2 rings (SSSR count). The van der Waals surface area contributed by atoms with Crippen LogP contribution in [0.2, 0.25) is 0 Å². The summed E-state index contributed by atoms with van der Waals surface area (Å²) in [6.07, 6.45) is 0. The lowest BCUT2D eigenvalue weighted by Gasteiger charge is -2.08. The number of hydrogen-bond donors (Lipinski definition) is 2. The average Bonchev–Trinajstić information content (AvgIpc) is 2.89. The minimum absolute atomic E-state index is 0.0653. The fraction of sp³-hybridized carbons (Fsp3) is 0.250. The summed E-state index contributed by atoms with van der Waals surface area (Å²) in [6.45, 7) is 0.264. The standard InChI is InChI=1S/C12H15N3O3S2/c13-10-2-1-3-12(6-10)18-4-5-20(16,17)15-7-11-8-19-9-14-11/h1-3,6,8-9,15H,4-5,7,13H2. The molecule has 0 spiro atoms. The predicted molar refractivity (Wildman–Crippen MR) is 79.1 cm³/mol. The van der Waals surface area contributed by atoms with Gasteiger partial charge in [-0.25, -0.2) is 18.1 Å². The van der Waals surface area contributed by atoms with E-state index in [1.165, 1.54) is 11.3 Å². The first-order chi connectivity index (χ1) is 9.55. The average molecular weight is 313 g/mol. The first-order valence-corrected chi connectivity index (χ1v) is 8.47. The minimum atomic E-state index is -3.38. The SMILES string of the molecule is Nc1cccc(OCCS(=O)(=O)NCc2cscn2)c1. The van der Waals surface area contributed by atoms with Crippen LogP contribution < -0.4 is 15.2 Å². The summed E-state index contributed by atoms with van der Waals surface area (Å²) in [7, 11) is -3.38. The smallest absolute Gasteiger partial charge is 0.215 e. The van der Waals surface area contributed by atoms with Crippen molar-refractivity contribution in [3.05, 3.63) is 40.8 Å². The molecule has 6 nitrogen and oxygen atoms in total. The van der Waals surface area contributed by atoms with Crippen molar-refractivity contribution in [3.8, 4) is 5.75 Å². The van der Waals surface area contributed by atoms with Crippen molar-refractivity contribution in [2.45, 2.75) is 6.54 Å². The van der Waals surface area contributed by atoms with Crippen molar-refractivity contribution >= 4 is 27.0 Å². The summed E-state index contributed by atoms with van der Waals surface area (Å²) in [5.41, 5.74) is 8.54. The third-order valence-electron chi connectivity index (χ3n) is 2.44. The van der Waals surface area contributed by atoms with Crippen LogP contribution in [0.3, 0.4) is 0 Å². The van der Waals surface area contributed by atoms with Gasteiger partial charge in [0.05, 0.1) is 23.5 Å². The van der Waals surface area contributed by atoms with Gasteiger partial charge in [-0.2, -0.15) is 0 Å². The highest BCUT2D eigenvalue weighted by Crippen LogP contribution is 2.14. The normalized spacial score (nSPS) is 11.4. The number of sulfonamides is 1. The molecule has 0 saturated carbocycles. The van der Waals surface area contributed by atoms with Crippen molar-refractivity contribution < 1.29 is 13.2 Å². The monoisotopic (exact) mass is 313 g/mol. The summed E-state index contributed by atoms with van der Waals surface area (Å²) in [5, 5.41) is 1.80. The molecule has 0 atom stereocenters. The zero-order valence-electron chi connectivity index (χ0n) is 10.7. The Labute approximate surface area is 121 Å². The number of nitrogen functional groups attached to an aromatic ring is 1. The fourth-order valence-corrected chi connectivity index (χ4v) is 2.83. The van der Waals surface area contributed by atoms with Crippen LogP contribution in [0.15, 0.2) is 35.2 Å². The fourth-order valence-electron chi connectivity index (χ4n) is 1.45. The number of rotatable bonds is 7. The van der Waals surface area contributed by atoms with E-state index < -0.39 is 10.0 Å². The molecule has 1 aromatic heterocycles. The van der Waals surface area contributed by atoms with Gasteiger partial charge in [-0.15, -0.1) is 11.3 Å². The van der Waals surface area contributed by atoms with Crippen molar-refractivity contribution in [3.63, 3.8) is 0 Å². The van der Waals surface area contributed by atoms with Crippen LogP contribution in [-0.4, -0.2) is 25.8 Å². The molecule has 0 aliphatic heterocycles. The van der Waals surface area contributed by atoms with Gasteiger partial charge in [0.1, 0.15) is 12.4 Å². The van der Waals surface area contributed by atoms with Gasteiger partial charge in [0.15, 0.2) is 0 Å². The van der Waals surface area contributed by atoms with Crippen LogP contribution in [0.4, 0.5) is 5.69 Å². The highest BCUT2D eigenvalue weighted by molar-refractivity contribution is 7.89. The van der Waals surface area contributed by atoms with E-state index in [-0.39, 0.29) is 18.9 Å². The van der Waals surface area contributed by atoms with E-state index in [0.717, 1.165) is 0 Å². The van der Waals surface area contributed by atoms with E-state index in [0.29, 0.717) is 17.1 Å². The Hall–Kier alpha value is -1.64. The van der Waals surface area contributed by atoms with Crippen LogP contribution in [0, 0.1) is 0 Å². The summed E-state index contributed by atoms with van der Waals surface area (Å²) >= 11 is 1.42. The molecule has 0 fully saturated rings. The van der Waals surface area contributed by atoms with Crippen LogP contribution in [0.1, 0.15) is 5.69 Å². The van der Waals surface area contributed by atoms with Gasteiger partial charge in [0.2, 0.25) is 10.0 Å². The molecule has 0 amide bonds. The van der Waals surface area contributed by atoms with Gasteiger partial charge in [0.25, 0.3) is 0 Å². The third-order valence-corrected chi connectivity index (χ3v) is 4.36. The number of aromatic nitrogens is 1. The zero-order chi connectivity index (χ0) is 14.4. The highest BCUT2D eigenvalue weighted by atomic mass is 32.2. The van der Waals surface area contributed by atoms with Crippen molar-refractivity contribution in [1.29, 1.82) is 0 Å². The van der Waals surface area contributed by atoms with Crippen LogP contribution in [-0.2, 0) is 16.6 Å². The maximum Gasteiger partial charge on any atom is 0.215 e. The molecule has 0 aliphatic rings. The number of nitrogens with zero attached hydrogens (tertiary/aromatic N) is 1. The number of nitrogens with two attached hydrogens (primary N) is 1. The number of hydrogen-bond acceptors (Lipinski definition) is 6. The first kappa shape index (κ1) is 14.8. The Morgan fingerprint density at radius 2 is 2.25 bits per heavy atom. The molecule has 0 radical (unpaired) electrons. The number of anilines is 1. The number of benzene rings is 1. The lowest BCUT2D eigenvalue weighted by molar-refractivity contribution is 0.340. The van der Waals surface area contributed by atoms with Gasteiger partial charge < -0.3 is 10.5 Å². The largest absolute Gasteiger partial charge is 0.492 e. The Balaban J connectivity index is 1.77. The zero-order valence-corrected chi connectivity index (χ0v) is 12.3. The van der Waals surface area contributed by atoms with E-state index in [1.54, 1.807) is 35.2 Å². The molecule has 0 unspecified atom stereocenters. The van der Waals surface area contributed by atoms with Crippen molar-refractivity contribution in [2.24, 2.45) is 0 Å². The number of nitrogens with one attached hydrogen (secondary N) is 1. The van der Waals surface area contributed by atoms with E-state index in [2.05, 4.69) is 9.71 Å². The molecule has 2 aromatic rings. The minimum Gasteiger partial charge on any atom is -0.492 e. The topological polar surface area (TPSA) is 94.3 Å². The van der Waals surface area contributed by atoms with Crippen LogP contribution in [0.25, 0.3) is 0 Å². The van der Waals surface area contributed by atoms with Crippen molar-refractivity contribution in [2.75, 3.05) is 18.1 Å². The molecule has 108 valence electrons. The molecule has 3 N–H and O–H groups in total. The van der Waals surface area contributed by atoms with Crippen molar-refractivity contribution in [1.82, 2.24) is 9.71 Å². The predicted octanol–water partition coefficient (Wildman–Crippen LogP) is 1.22. The second kappa shape index (κ2) is 6.69. The molecule has 8 heteroatoms. The molecule has 1 heterocycles. The number of ether oxygens (including phenoxy) is 1. The van der Waals surface area contributed by atoms with E-state index in [4.69, 9.17) is 10.5 Å². The van der Waals surface area contributed by atoms with E-state index >= 15 is 0 Å². The maximum atomic E-state index is 11.7. The second-order valence-corrected chi connectivity index (χ2v) is 6.69. The Morgan fingerprint density at radius 3 is 2.95 bits per heavy atom. The second-order valence-electron chi connectivity index (χ2n) is 4.04. The molecule has 1 aromatic carbocycles. The molecule has 0 bridgehead atoms. The Bertz CT molecular complexity index is 642. The van der Waals surface area contributed by atoms with E-state index in [9.17, 15) is 8.42 Å².